The quantitative estimate of drug-likeness (QED) is 0.668. The van der Waals surface area contributed by atoms with E-state index in [1.54, 1.807) is 0 Å². The van der Waals surface area contributed by atoms with E-state index in [1.165, 1.54) is 11.8 Å². The number of hydrogen-bond acceptors (Lipinski definition) is 4. The Bertz CT molecular complexity index is 306. The van der Waals surface area contributed by atoms with Gasteiger partial charge in [-0.1, -0.05) is 0 Å². The lowest BCUT2D eigenvalue weighted by Gasteiger charge is -2.05. The molecule has 72 valence electrons. The van der Waals surface area contributed by atoms with Gasteiger partial charge in [0.15, 0.2) is 0 Å². The molecule has 0 atom stereocenters. The highest BCUT2D eigenvalue weighted by Crippen LogP contribution is 2.27. The van der Waals surface area contributed by atoms with Crippen LogP contribution in [0.25, 0.3) is 0 Å². The van der Waals surface area contributed by atoms with E-state index in [-0.39, 0.29) is 6.61 Å². The summed E-state index contributed by atoms with van der Waals surface area (Å²) in [6, 6.07) is 0. The highest BCUT2D eigenvalue weighted by atomic mass is 79.9. The van der Waals surface area contributed by atoms with Crippen molar-refractivity contribution in [3.63, 3.8) is 0 Å². The lowest BCUT2D eigenvalue weighted by Crippen LogP contribution is -1.97. The number of aromatic nitrogens is 2. The minimum Gasteiger partial charge on any atom is -0.396 e. The molecule has 3 nitrogen and oxygen atoms in total. The molecule has 0 radical (unpaired) electrons. The SMILES string of the molecule is Cc1nc(C)c(Br)c(SCCO)n1. The third kappa shape index (κ3) is 2.93. The summed E-state index contributed by atoms with van der Waals surface area (Å²) in [5.74, 6) is 1.43. The molecule has 1 N–H and O–H groups in total. The van der Waals surface area contributed by atoms with Crippen LogP contribution in [0.4, 0.5) is 0 Å². The molecule has 0 aliphatic rings. The Morgan fingerprint density at radius 2 is 2.08 bits per heavy atom. The summed E-state index contributed by atoms with van der Waals surface area (Å²) in [4.78, 5) is 8.47. The lowest BCUT2D eigenvalue weighted by atomic mass is 10.4. The van der Waals surface area contributed by atoms with E-state index in [4.69, 9.17) is 5.11 Å². The van der Waals surface area contributed by atoms with Crippen molar-refractivity contribution in [1.29, 1.82) is 0 Å². The van der Waals surface area contributed by atoms with Crippen LogP contribution in [0.1, 0.15) is 11.5 Å². The van der Waals surface area contributed by atoms with Crippen molar-refractivity contribution >= 4 is 27.7 Å². The number of aryl methyl sites for hydroxylation is 2. The Balaban J connectivity index is 2.92. The fourth-order valence-corrected chi connectivity index (χ4v) is 2.18. The summed E-state index contributed by atoms with van der Waals surface area (Å²) >= 11 is 4.94. The van der Waals surface area contributed by atoms with Crippen molar-refractivity contribution < 1.29 is 5.11 Å². The monoisotopic (exact) mass is 262 g/mol. The zero-order chi connectivity index (χ0) is 9.84. The number of aliphatic hydroxyl groups is 1. The zero-order valence-corrected chi connectivity index (χ0v) is 9.94. The van der Waals surface area contributed by atoms with Gasteiger partial charge >= 0.3 is 0 Å². The van der Waals surface area contributed by atoms with E-state index in [0.29, 0.717) is 5.75 Å². The van der Waals surface area contributed by atoms with Crippen LogP contribution in [0, 0.1) is 13.8 Å². The number of hydrogen-bond donors (Lipinski definition) is 1. The highest BCUT2D eigenvalue weighted by Gasteiger charge is 2.06. The first kappa shape index (κ1) is 10.9. The van der Waals surface area contributed by atoms with Gasteiger partial charge in [0, 0.05) is 5.75 Å². The van der Waals surface area contributed by atoms with Crippen LogP contribution in [0.3, 0.4) is 0 Å². The van der Waals surface area contributed by atoms with Gasteiger partial charge in [0.1, 0.15) is 10.9 Å². The van der Waals surface area contributed by atoms with Gasteiger partial charge in [-0.15, -0.1) is 11.8 Å². The molecule has 0 aromatic carbocycles. The number of aliphatic hydroxyl groups excluding tert-OH is 1. The van der Waals surface area contributed by atoms with Gasteiger partial charge in [-0.3, -0.25) is 0 Å². The van der Waals surface area contributed by atoms with Gasteiger partial charge in [-0.05, 0) is 29.8 Å². The molecule has 0 saturated heterocycles. The van der Waals surface area contributed by atoms with Crippen molar-refractivity contribution in [3.05, 3.63) is 16.0 Å². The molecule has 0 bridgehead atoms. The van der Waals surface area contributed by atoms with Gasteiger partial charge in [-0.25, -0.2) is 9.97 Å². The predicted molar refractivity (Wildman–Crippen MR) is 57.0 cm³/mol. The molecule has 13 heavy (non-hydrogen) atoms. The molecule has 0 saturated carbocycles. The van der Waals surface area contributed by atoms with E-state index >= 15 is 0 Å². The fraction of sp³-hybridized carbons (Fsp3) is 0.500. The predicted octanol–water partition coefficient (Wildman–Crippen LogP) is 1.94. The van der Waals surface area contributed by atoms with E-state index in [0.717, 1.165) is 21.0 Å². The van der Waals surface area contributed by atoms with Crippen LogP contribution >= 0.6 is 27.7 Å². The third-order valence-corrected chi connectivity index (χ3v) is 3.60. The maximum absolute atomic E-state index is 8.68. The summed E-state index contributed by atoms with van der Waals surface area (Å²) < 4.78 is 0.927. The van der Waals surface area contributed by atoms with Crippen molar-refractivity contribution in [3.8, 4) is 0 Å². The average Bonchev–Trinajstić information content (AvgIpc) is 2.09. The molecular formula is C8H11BrN2OS. The second kappa shape index (κ2) is 4.93. The maximum Gasteiger partial charge on any atom is 0.126 e. The summed E-state index contributed by atoms with van der Waals surface area (Å²) in [7, 11) is 0. The first-order valence-corrected chi connectivity index (χ1v) is 5.67. The molecule has 1 aromatic rings. The molecule has 1 heterocycles. The van der Waals surface area contributed by atoms with E-state index in [2.05, 4.69) is 25.9 Å². The Morgan fingerprint density at radius 3 is 2.69 bits per heavy atom. The smallest absolute Gasteiger partial charge is 0.126 e. The summed E-state index contributed by atoms with van der Waals surface area (Å²) in [5, 5.41) is 9.58. The standard InChI is InChI=1S/C8H11BrN2OS/c1-5-7(9)8(13-4-3-12)11-6(2)10-5/h12H,3-4H2,1-2H3. The van der Waals surface area contributed by atoms with Crippen molar-refractivity contribution in [2.45, 2.75) is 18.9 Å². The van der Waals surface area contributed by atoms with Gasteiger partial charge in [0.25, 0.3) is 0 Å². The van der Waals surface area contributed by atoms with Crippen LogP contribution in [-0.2, 0) is 0 Å². The van der Waals surface area contributed by atoms with Gasteiger partial charge in [0.2, 0.25) is 0 Å². The third-order valence-electron chi connectivity index (χ3n) is 1.43. The van der Waals surface area contributed by atoms with Crippen molar-refractivity contribution in [1.82, 2.24) is 9.97 Å². The fourth-order valence-electron chi connectivity index (χ4n) is 0.906. The zero-order valence-electron chi connectivity index (χ0n) is 7.54. The van der Waals surface area contributed by atoms with E-state index in [1.807, 2.05) is 13.8 Å². The van der Waals surface area contributed by atoms with Crippen molar-refractivity contribution in [2.75, 3.05) is 12.4 Å². The second-order valence-electron chi connectivity index (χ2n) is 2.55. The van der Waals surface area contributed by atoms with Gasteiger partial charge in [0.05, 0.1) is 16.8 Å². The molecule has 0 unspecified atom stereocenters. The Kier molecular flexibility index (Phi) is 4.15. The average molecular weight is 263 g/mol. The minimum atomic E-state index is 0.166. The molecule has 1 aromatic heterocycles. The molecule has 0 aliphatic heterocycles. The van der Waals surface area contributed by atoms with E-state index in [9.17, 15) is 0 Å². The Hall–Kier alpha value is -0.130. The molecule has 0 amide bonds. The van der Waals surface area contributed by atoms with E-state index < -0.39 is 0 Å². The Labute approximate surface area is 90.1 Å². The largest absolute Gasteiger partial charge is 0.396 e. The number of halogens is 1. The van der Waals surface area contributed by atoms with Crippen LogP contribution in [-0.4, -0.2) is 27.4 Å². The number of rotatable bonds is 3. The first-order chi connectivity index (χ1) is 6.15. The Morgan fingerprint density at radius 1 is 1.38 bits per heavy atom. The molecule has 0 aliphatic carbocycles. The molecule has 0 spiro atoms. The first-order valence-electron chi connectivity index (χ1n) is 3.89. The molecular weight excluding hydrogens is 252 g/mol. The number of thioether (sulfide) groups is 1. The molecule has 1 rings (SSSR count). The maximum atomic E-state index is 8.68. The van der Waals surface area contributed by atoms with Crippen LogP contribution in [0.5, 0.6) is 0 Å². The number of nitrogens with zero attached hydrogens (tertiary/aromatic N) is 2. The van der Waals surface area contributed by atoms with Gasteiger partial charge < -0.3 is 5.11 Å². The molecule has 5 heteroatoms. The minimum absolute atomic E-state index is 0.166. The summed E-state index contributed by atoms with van der Waals surface area (Å²) in [5.41, 5.74) is 0.938. The highest BCUT2D eigenvalue weighted by molar-refractivity contribution is 9.10. The topological polar surface area (TPSA) is 46.0 Å². The van der Waals surface area contributed by atoms with Crippen LogP contribution in [0.15, 0.2) is 9.50 Å². The lowest BCUT2D eigenvalue weighted by molar-refractivity contribution is 0.322. The van der Waals surface area contributed by atoms with Crippen LogP contribution < -0.4 is 0 Å². The summed E-state index contributed by atoms with van der Waals surface area (Å²) in [6.07, 6.45) is 0. The second-order valence-corrected chi connectivity index (χ2v) is 4.42. The normalized spacial score (nSPS) is 10.5. The molecule has 0 fully saturated rings. The van der Waals surface area contributed by atoms with Crippen LogP contribution in [0.2, 0.25) is 0 Å². The van der Waals surface area contributed by atoms with Crippen molar-refractivity contribution in [2.24, 2.45) is 0 Å². The van der Waals surface area contributed by atoms with Gasteiger partial charge in [-0.2, -0.15) is 0 Å². The summed E-state index contributed by atoms with van der Waals surface area (Å²) in [6.45, 7) is 3.96.